The van der Waals surface area contributed by atoms with Gasteiger partial charge in [-0.05, 0) is 0 Å². The third-order valence-corrected chi connectivity index (χ3v) is 3.58. The van der Waals surface area contributed by atoms with Crippen molar-refractivity contribution >= 4 is 33.7 Å². The zero-order valence-electron chi connectivity index (χ0n) is 8.81. The third-order valence-electron chi connectivity index (χ3n) is 2.33. The molecule has 0 fully saturated rings. The van der Waals surface area contributed by atoms with Gasteiger partial charge in [-0.25, -0.2) is 0 Å². The van der Waals surface area contributed by atoms with E-state index in [1.165, 1.54) is 14.7 Å². The van der Waals surface area contributed by atoms with Crippen LogP contribution in [0.3, 0.4) is 0 Å². The molecule has 2 rings (SSSR count). The molecule has 0 radical (unpaired) electrons. The molecule has 0 N–H and O–H groups in total. The third kappa shape index (κ3) is 3.17. The standard InChI is InChI=1S/C13H11S.Li/c1-3-7-12(8-4-1)11-14-13-9-5-2-6-10-13;/h1-9H,11H2;. The molecule has 15 heavy (non-hydrogen) atoms. The summed E-state index contributed by atoms with van der Waals surface area (Å²) < 4.78 is 1.36. The summed E-state index contributed by atoms with van der Waals surface area (Å²) >= 11 is 4.06. The SMILES string of the molecule is [Li][c]1ccccc1SCc1ccccc1. The van der Waals surface area contributed by atoms with Crippen LogP contribution in [-0.4, -0.2) is 17.7 Å². The van der Waals surface area contributed by atoms with E-state index in [4.69, 9.17) is 0 Å². The summed E-state index contributed by atoms with van der Waals surface area (Å²) in [7, 11) is 0. The van der Waals surface area contributed by atoms with E-state index in [1.807, 2.05) is 11.8 Å². The van der Waals surface area contributed by atoms with Gasteiger partial charge < -0.3 is 0 Å². The molecule has 0 amide bonds. The fourth-order valence-corrected chi connectivity index (χ4v) is 2.44. The second-order valence-electron chi connectivity index (χ2n) is 3.54. The van der Waals surface area contributed by atoms with Gasteiger partial charge in [0.2, 0.25) is 0 Å². The van der Waals surface area contributed by atoms with E-state index < -0.39 is 0 Å². The fraction of sp³-hybridized carbons (Fsp3) is 0.0769. The van der Waals surface area contributed by atoms with Crippen molar-refractivity contribution in [1.29, 1.82) is 0 Å². The van der Waals surface area contributed by atoms with E-state index in [-0.39, 0.29) is 0 Å². The van der Waals surface area contributed by atoms with Crippen LogP contribution in [0, 0.1) is 0 Å². The van der Waals surface area contributed by atoms with Gasteiger partial charge in [0.15, 0.2) is 0 Å². The maximum atomic E-state index is 2.18. The van der Waals surface area contributed by atoms with E-state index in [2.05, 4.69) is 72.3 Å². The quantitative estimate of drug-likeness (QED) is 0.549. The molecule has 0 atom stereocenters. The average molecular weight is 206 g/mol. The van der Waals surface area contributed by atoms with Crippen molar-refractivity contribution in [3.05, 3.63) is 60.2 Å². The number of thioether (sulfide) groups is 1. The van der Waals surface area contributed by atoms with Crippen molar-refractivity contribution < 1.29 is 0 Å². The van der Waals surface area contributed by atoms with Gasteiger partial charge in [-0.2, -0.15) is 0 Å². The van der Waals surface area contributed by atoms with Gasteiger partial charge in [0, 0.05) is 0 Å². The second-order valence-corrected chi connectivity index (χ2v) is 4.56. The molecular weight excluding hydrogens is 195 g/mol. The number of hydrogen-bond donors (Lipinski definition) is 0. The van der Waals surface area contributed by atoms with E-state index in [0.29, 0.717) is 0 Å². The Balaban J connectivity index is 2.03. The average Bonchev–Trinajstić information content (AvgIpc) is 2.29. The molecule has 0 heterocycles. The summed E-state index contributed by atoms with van der Waals surface area (Å²) in [6, 6.07) is 19.1. The molecular formula is C13H11LiS. The Morgan fingerprint density at radius 3 is 2.27 bits per heavy atom. The summed E-state index contributed by atoms with van der Waals surface area (Å²) in [6.07, 6.45) is 0. The van der Waals surface area contributed by atoms with Crippen LogP contribution in [0.25, 0.3) is 0 Å². The Kier molecular flexibility index (Phi) is 3.97. The molecule has 0 nitrogen and oxygen atoms in total. The molecule has 0 unspecified atom stereocenters. The summed E-state index contributed by atoms with van der Waals surface area (Å²) in [5.74, 6) is 1.05. The van der Waals surface area contributed by atoms with Crippen molar-refractivity contribution in [2.45, 2.75) is 10.6 Å². The predicted octanol–water partition coefficient (Wildman–Crippen LogP) is 2.77. The first kappa shape index (κ1) is 10.9. The predicted molar refractivity (Wildman–Crippen MR) is 67.8 cm³/mol. The van der Waals surface area contributed by atoms with E-state index in [0.717, 1.165) is 5.75 Å². The molecule has 70 valence electrons. The van der Waals surface area contributed by atoms with E-state index >= 15 is 0 Å². The first-order chi connectivity index (χ1) is 7.36. The molecule has 0 aromatic heterocycles. The molecule has 0 saturated heterocycles. The molecule has 0 aliphatic rings. The molecule has 2 aromatic carbocycles. The van der Waals surface area contributed by atoms with Crippen LogP contribution >= 0.6 is 11.8 Å². The Labute approximate surface area is 104 Å². The van der Waals surface area contributed by atoms with Crippen molar-refractivity contribution in [2.24, 2.45) is 0 Å². The molecule has 2 aromatic rings. The zero-order valence-corrected chi connectivity index (χ0v) is 9.63. The first-order valence-electron chi connectivity index (χ1n) is 5.08. The van der Waals surface area contributed by atoms with Crippen LogP contribution in [0.4, 0.5) is 0 Å². The number of hydrogen-bond acceptors (Lipinski definition) is 1. The molecule has 0 aliphatic heterocycles. The Hall–Kier alpha value is -0.613. The van der Waals surface area contributed by atoms with Gasteiger partial charge in [0.25, 0.3) is 0 Å². The van der Waals surface area contributed by atoms with E-state index in [1.54, 1.807) is 0 Å². The molecule has 0 saturated carbocycles. The van der Waals surface area contributed by atoms with E-state index in [9.17, 15) is 0 Å². The van der Waals surface area contributed by atoms with Crippen LogP contribution < -0.4 is 4.24 Å². The van der Waals surface area contributed by atoms with Gasteiger partial charge in [-0.15, -0.1) is 0 Å². The minimum absolute atomic E-state index is 1.05. The van der Waals surface area contributed by atoms with Crippen LogP contribution in [0.5, 0.6) is 0 Å². The first-order valence-corrected chi connectivity index (χ1v) is 6.07. The topological polar surface area (TPSA) is 0 Å². The zero-order chi connectivity index (χ0) is 10.5. The summed E-state index contributed by atoms with van der Waals surface area (Å²) in [4.78, 5) is 1.38. The Morgan fingerprint density at radius 2 is 1.53 bits per heavy atom. The Bertz CT molecular complexity index is 426. The second kappa shape index (κ2) is 5.47. The molecule has 2 heteroatoms. The van der Waals surface area contributed by atoms with Crippen molar-refractivity contribution in [3.8, 4) is 0 Å². The van der Waals surface area contributed by atoms with Gasteiger partial charge in [-0.3, -0.25) is 0 Å². The minimum atomic E-state index is 1.05. The van der Waals surface area contributed by atoms with Crippen molar-refractivity contribution in [2.75, 3.05) is 0 Å². The van der Waals surface area contributed by atoms with Crippen molar-refractivity contribution in [1.82, 2.24) is 0 Å². The monoisotopic (exact) mass is 206 g/mol. The van der Waals surface area contributed by atoms with Crippen LogP contribution in [0.1, 0.15) is 5.56 Å². The fourth-order valence-electron chi connectivity index (χ4n) is 1.45. The van der Waals surface area contributed by atoms with Gasteiger partial charge in [0.05, 0.1) is 0 Å². The van der Waals surface area contributed by atoms with Gasteiger partial charge >= 0.3 is 105 Å². The van der Waals surface area contributed by atoms with Gasteiger partial charge in [-0.1, -0.05) is 0 Å². The van der Waals surface area contributed by atoms with Crippen LogP contribution in [0.15, 0.2) is 59.5 Å². The normalized spacial score (nSPS) is 10.3. The van der Waals surface area contributed by atoms with Gasteiger partial charge in [0.1, 0.15) is 0 Å². The summed E-state index contributed by atoms with van der Waals surface area (Å²) in [5.41, 5.74) is 1.38. The van der Waals surface area contributed by atoms with Crippen LogP contribution in [-0.2, 0) is 5.75 Å². The molecule has 0 spiro atoms. The number of rotatable bonds is 3. The van der Waals surface area contributed by atoms with Crippen molar-refractivity contribution in [3.63, 3.8) is 0 Å². The number of benzene rings is 2. The molecule has 0 bridgehead atoms. The summed E-state index contributed by atoms with van der Waals surface area (Å²) in [6.45, 7) is 0. The molecule has 0 aliphatic carbocycles. The maximum absolute atomic E-state index is 2.18. The van der Waals surface area contributed by atoms with Crippen LogP contribution in [0.2, 0.25) is 0 Å². The summed E-state index contributed by atoms with van der Waals surface area (Å²) in [5, 5.41) is 0. The Morgan fingerprint density at radius 1 is 0.867 bits per heavy atom.